The van der Waals surface area contributed by atoms with E-state index < -0.39 is 22.3 Å². The molecule has 0 fully saturated rings. The molecule has 0 radical (unpaired) electrons. The summed E-state index contributed by atoms with van der Waals surface area (Å²) in [6.45, 7) is 2.42. The number of nitro benzene ring substituents is 1. The van der Waals surface area contributed by atoms with E-state index in [1.54, 1.807) is 0 Å². The van der Waals surface area contributed by atoms with Gasteiger partial charge in [-0.05, 0) is 12.5 Å². The molecule has 1 N–H and O–H groups in total. The normalized spacial score (nSPS) is 10.1. The largest absolute Gasteiger partial charge is 0.383 e. The monoisotopic (exact) mass is 269 g/mol. The Kier molecular flexibility index (Phi) is 4.80. The molecule has 0 aliphatic carbocycles. The lowest BCUT2D eigenvalue weighted by Gasteiger charge is -2.13. The lowest BCUT2D eigenvalue weighted by molar-refractivity contribution is -0.385. The van der Waals surface area contributed by atoms with Gasteiger partial charge in [-0.25, -0.2) is 4.39 Å². The van der Waals surface area contributed by atoms with Crippen LogP contribution in [0.5, 0.6) is 0 Å². The molecule has 0 heterocycles. The highest BCUT2D eigenvalue weighted by Crippen LogP contribution is 2.27. The van der Waals surface area contributed by atoms with Crippen LogP contribution >= 0.6 is 0 Å². The van der Waals surface area contributed by atoms with Gasteiger partial charge in [-0.15, -0.1) is 0 Å². The predicted molar refractivity (Wildman–Crippen MR) is 69.9 cm³/mol. The fraction of sp³-hybridized carbons (Fsp3) is 0.417. The average Bonchev–Trinajstić information content (AvgIpc) is 2.35. The molecular formula is C12H16FN3O3. The number of rotatable bonds is 5. The fourth-order valence-corrected chi connectivity index (χ4v) is 1.52. The molecule has 1 aromatic carbocycles. The maximum Gasteiger partial charge on any atom is 0.285 e. The third kappa shape index (κ3) is 3.40. The predicted octanol–water partition coefficient (Wildman–Crippen LogP) is 2.26. The summed E-state index contributed by atoms with van der Waals surface area (Å²) in [5, 5.41) is 13.7. The van der Waals surface area contributed by atoms with Gasteiger partial charge in [0, 0.05) is 20.6 Å². The Hall–Kier alpha value is -2.18. The van der Waals surface area contributed by atoms with E-state index in [-0.39, 0.29) is 11.3 Å². The molecule has 0 atom stereocenters. The van der Waals surface area contributed by atoms with Crippen molar-refractivity contribution in [1.29, 1.82) is 0 Å². The Labute approximate surface area is 110 Å². The number of carbonyl (C=O) groups excluding carboxylic acids is 1. The number of nitro groups is 1. The molecule has 6 nitrogen and oxygen atoms in total. The molecule has 0 aliphatic heterocycles. The first-order chi connectivity index (χ1) is 8.88. The molecule has 0 bridgehead atoms. The topological polar surface area (TPSA) is 75.5 Å². The number of carbonyl (C=O) groups is 1. The van der Waals surface area contributed by atoms with Gasteiger partial charge in [0.05, 0.1) is 16.7 Å². The Morgan fingerprint density at radius 1 is 1.47 bits per heavy atom. The van der Waals surface area contributed by atoms with Crippen molar-refractivity contribution >= 4 is 17.3 Å². The maximum absolute atomic E-state index is 13.7. The van der Waals surface area contributed by atoms with Crippen molar-refractivity contribution in [2.75, 3.05) is 26.0 Å². The smallest absolute Gasteiger partial charge is 0.285 e. The number of hydrogen-bond donors (Lipinski definition) is 1. The lowest BCUT2D eigenvalue weighted by Crippen LogP contribution is -2.23. The van der Waals surface area contributed by atoms with E-state index in [1.165, 1.54) is 25.1 Å². The molecule has 7 heteroatoms. The molecule has 19 heavy (non-hydrogen) atoms. The second-order valence-corrected chi connectivity index (χ2v) is 4.23. The highest BCUT2D eigenvalue weighted by atomic mass is 19.1. The van der Waals surface area contributed by atoms with Gasteiger partial charge in [0.1, 0.15) is 5.56 Å². The summed E-state index contributed by atoms with van der Waals surface area (Å²) in [4.78, 5) is 23.2. The van der Waals surface area contributed by atoms with Crippen molar-refractivity contribution in [2.45, 2.75) is 13.3 Å². The third-order valence-electron chi connectivity index (χ3n) is 2.48. The van der Waals surface area contributed by atoms with E-state index in [2.05, 4.69) is 5.32 Å². The summed E-state index contributed by atoms with van der Waals surface area (Å²) < 4.78 is 13.7. The van der Waals surface area contributed by atoms with Crippen LogP contribution in [0, 0.1) is 15.9 Å². The SMILES string of the molecule is CCCNc1cc(C(=O)N(C)C)c([N+](=O)[O-])cc1F. The zero-order valence-corrected chi connectivity index (χ0v) is 11.1. The highest BCUT2D eigenvalue weighted by molar-refractivity contribution is 5.98. The van der Waals surface area contributed by atoms with Crippen molar-refractivity contribution in [1.82, 2.24) is 4.90 Å². The molecular weight excluding hydrogens is 253 g/mol. The summed E-state index contributed by atoms with van der Waals surface area (Å²) in [6, 6.07) is 1.96. The first-order valence-corrected chi connectivity index (χ1v) is 5.82. The minimum atomic E-state index is -0.761. The van der Waals surface area contributed by atoms with Crippen LogP contribution in [-0.4, -0.2) is 36.4 Å². The molecule has 1 rings (SSSR count). The van der Waals surface area contributed by atoms with Crippen LogP contribution in [0.4, 0.5) is 15.8 Å². The second kappa shape index (κ2) is 6.12. The van der Waals surface area contributed by atoms with Crippen molar-refractivity contribution in [3.05, 3.63) is 33.6 Å². The number of benzene rings is 1. The summed E-state index contributed by atoms with van der Waals surface area (Å²) in [5.41, 5.74) is -0.564. The van der Waals surface area contributed by atoms with Gasteiger partial charge in [-0.3, -0.25) is 14.9 Å². The number of halogens is 1. The molecule has 0 aromatic heterocycles. The average molecular weight is 269 g/mol. The zero-order valence-electron chi connectivity index (χ0n) is 11.1. The Morgan fingerprint density at radius 2 is 2.11 bits per heavy atom. The Morgan fingerprint density at radius 3 is 2.58 bits per heavy atom. The number of anilines is 1. The van der Waals surface area contributed by atoms with E-state index in [4.69, 9.17) is 0 Å². The molecule has 1 amide bonds. The van der Waals surface area contributed by atoms with Crippen LogP contribution in [0.15, 0.2) is 12.1 Å². The molecule has 0 saturated carbocycles. The first kappa shape index (κ1) is 14.9. The van der Waals surface area contributed by atoms with E-state index in [1.807, 2.05) is 6.92 Å². The van der Waals surface area contributed by atoms with Crippen LogP contribution in [0.1, 0.15) is 23.7 Å². The number of nitrogens with one attached hydrogen (secondary N) is 1. The molecule has 104 valence electrons. The molecule has 0 spiro atoms. The summed E-state index contributed by atoms with van der Waals surface area (Å²) in [5.74, 6) is -1.28. The van der Waals surface area contributed by atoms with Crippen LogP contribution in [0.2, 0.25) is 0 Å². The van der Waals surface area contributed by atoms with E-state index in [9.17, 15) is 19.3 Å². The van der Waals surface area contributed by atoms with Crippen LogP contribution in [-0.2, 0) is 0 Å². The standard InChI is InChI=1S/C12H16FN3O3/c1-4-5-14-10-6-8(12(17)15(2)3)11(16(18)19)7-9(10)13/h6-7,14H,4-5H2,1-3H3. The van der Waals surface area contributed by atoms with Gasteiger partial charge in [0.2, 0.25) is 0 Å². The number of amides is 1. The summed E-state index contributed by atoms with van der Waals surface area (Å²) >= 11 is 0. The van der Waals surface area contributed by atoms with Gasteiger partial charge in [-0.1, -0.05) is 6.92 Å². The molecule has 0 saturated heterocycles. The van der Waals surface area contributed by atoms with Crippen molar-refractivity contribution < 1.29 is 14.1 Å². The number of hydrogen-bond acceptors (Lipinski definition) is 4. The van der Waals surface area contributed by atoms with Crippen molar-refractivity contribution in [3.63, 3.8) is 0 Å². The maximum atomic E-state index is 13.7. The first-order valence-electron chi connectivity index (χ1n) is 5.82. The van der Waals surface area contributed by atoms with Crippen LogP contribution < -0.4 is 5.32 Å². The van der Waals surface area contributed by atoms with Gasteiger partial charge in [0.15, 0.2) is 5.82 Å². The lowest BCUT2D eigenvalue weighted by atomic mass is 10.1. The van der Waals surface area contributed by atoms with E-state index >= 15 is 0 Å². The Balaban J connectivity index is 3.31. The molecule has 1 aromatic rings. The van der Waals surface area contributed by atoms with Gasteiger partial charge < -0.3 is 10.2 Å². The van der Waals surface area contributed by atoms with E-state index in [0.717, 1.165) is 12.5 Å². The van der Waals surface area contributed by atoms with E-state index in [0.29, 0.717) is 6.54 Å². The zero-order chi connectivity index (χ0) is 14.6. The third-order valence-corrected chi connectivity index (χ3v) is 2.48. The quantitative estimate of drug-likeness (QED) is 0.657. The van der Waals surface area contributed by atoms with Crippen LogP contribution in [0.25, 0.3) is 0 Å². The summed E-state index contributed by atoms with van der Waals surface area (Å²) in [7, 11) is 2.96. The van der Waals surface area contributed by atoms with Gasteiger partial charge >= 0.3 is 0 Å². The fourth-order valence-electron chi connectivity index (χ4n) is 1.52. The molecule has 0 unspecified atom stereocenters. The number of nitrogens with zero attached hydrogens (tertiary/aromatic N) is 2. The van der Waals surface area contributed by atoms with Gasteiger partial charge in [-0.2, -0.15) is 0 Å². The summed E-state index contributed by atoms with van der Waals surface area (Å²) in [6.07, 6.45) is 0.771. The van der Waals surface area contributed by atoms with Gasteiger partial charge in [0.25, 0.3) is 11.6 Å². The second-order valence-electron chi connectivity index (χ2n) is 4.23. The minimum absolute atomic E-state index is 0.0950. The minimum Gasteiger partial charge on any atom is -0.383 e. The highest BCUT2D eigenvalue weighted by Gasteiger charge is 2.24. The Bertz CT molecular complexity index is 503. The van der Waals surface area contributed by atoms with Crippen molar-refractivity contribution in [2.24, 2.45) is 0 Å². The van der Waals surface area contributed by atoms with Crippen LogP contribution in [0.3, 0.4) is 0 Å². The molecule has 0 aliphatic rings. The van der Waals surface area contributed by atoms with Crippen molar-refractivity contribution in [3.8, 4) is 0 Å².